The third-order valence-corrected chi connectivity index (χ3v) is 3.98. The maximum atomic E-state index is 10.5. The Hall–Kier alpha value is -0.650. The lowest BCUT2D eigenvalue weighted by molar-refractivity contribution is -0.141. The average Bonchev–Trinajstić information content (AvgIpc) is 2.67. The maximum Gasteiger partial charge on any atom is 0.302 e. The Morgan fingerprint density at radius 2 is 1.14 bits per heavy atom. The predicted octanol–water partition coefficient (Wildman–Crippen LogP) is 5.65. The standard InChI is InChI=1S/C16H32O2.C4H10O.C3H8O2/c1-3-4-5-6-7-8-9-10-11-12-13-14-15-18-16(2)17;1-3-5-4-2;1-3(5)2-4/h3-15H2,1-2H3;3-4H2,1-2H3;3-5H,2H2,1H3. The number of hydrogen-bond donors (Lipinski definition) is 2. The minimum absolute atomic E-state index is 0.139. The van der Waals surface area contributed by atoms with Crippen LogP contribution in [0.25, 0.3) is 0 Å². The number of unbranched alkanes of at least 4 members (excludes halogenated alkanes) is 11. The van der Waals surface area contributed by atoms with Gasteiger partial charge in [-0.15, -0.1) is 0 Å². The zero-order chi connectivity index (χ0) is 21.9. The fourth-order valence-electron chi connectivity index (χ4n) is 2.36. The molecule has 2 N–H and O–H groups in total. The van der Waals surface area contributed by atoms with Crippen molar-refractivity contribution in [1.29, 1.82) is 0 Å². The molecule has 0 rings (SSSR count). The molecule has 172 valence electrons. The summed E-state index contributed by atoms with van der Waals surface area (Å²) in [5.41, 5.74) is 0. The van der Waals surface area contributed by atoms with Gasteiger partial charge in [0.05, 0.1) is 19.3 Å². The Balaban J connectivity index is -0.000000512. The topological polar surface area (TPSA) is 76.0 Å². The van der Waals surface area contributed by atoms with Crippen LogP contribution in [-0.2, 0) is 14.3 Å². The first kappa shape index (κ1) is 32.0. The lowest BCUT2D eigenvalue weighted by Crippen LogP contribution is -2.03. The van der Waals surface area contributed by atoms with Crippen molar-refractivity contribution in [2.75, 3.05) is 26.4 Å². The van der Waals surface area contributed by atoms with Crippen LogP contribution in [0.4, 0.5) is 0 Å². The van der Waals surface area contributed by atoms with E-state index in [0.29, 0.717) is 6.61 Å². The fourth-order valence-corrected chi connectivity index (χ4v) is 2.36. The van der Waals surface area contributed by atoms with Crippen molar-refractivity contribution in [3.63, 3.8) is 0 Å². The smallest absolute Gasteiger partial charge is 0.302 e. The minimum Gasteiger partial charge on any atom is -0.466 e. The van der Waals surface area contributed by atoms with Crippen LogP contribution in [0.2, 0.25) is 0 Å². The Bertz CT molecular complexity index is 268. The Kier molecular flexibility index (Phi) is 35.5. The van der Waals surface area contributed by atoms with Crippen molar-refractivity contribution in [1.82, 2.24) is 0 Å². The highest BCUT2D eigenvalue weighted by atomic mass is 16.5. The van der Waals surface area contributed by atoms with Crippen LogP contribution in [0.1, 0.15) is 112 Å². The van der Waals surface area contributed by atoms with Crippen molar-refractivity contribution >= 4 is 5.97 Å². The van der Waals surface area contributed by atoms with E-state index in [1.807, 2.05) is 13.8 Å². The summed E-state index contributed by atoms with van der Waals surface area (Å²) in [6, 6.07) is 0. The highest BCUT2D eigenvalue weighted by Gasteiger charge is 1.95. The van der Waals surface area contributed by atoms with Crippen molar-refractivity contribution in [3.8, 4) is 0 Å². The first-order valence-electron chi connectivity index (χ1n) is 11.5. The van der Waals surface area contributed by atoms with E-state index in [1.54, 1.807) is 0 Å². The van der Waals surface area contributed by atoms with Crippen molar-refractivity contribution < 1.29 is 24.5 Å². The molecule has 0 aromatic heterocycles. The SMILES string of the molecule is CC(O)CO.CCCCCCCCCCCCCCOC(C)=O.CCOCC. The second-order valence-electron chi connectivity index (χ2n) is 7.04. The van der Waals surface area contributed by atoms with Gasteiger partial charge in [0.2, 0.25) is 0 Å². The van der Waals surface area contributed by atoms with E-state index in [1.165, 1.54) is 84.5 Å². The van der Waals surface area contributed by atoms with Crippen LogP contribution in [-0.4, -0.2) is 48.7 Å². The quantitative estimate of drug-likeness (QED) is 0.256. The van der Waals surface area contributed by atoms with Gasteiger partial charge in [-0.3, -0.25) is 4.79 Å². The molecular weight excluding hydrogens is 356 g/mol. The van der Waals surface area contributed by atoms with Gasteiger partial charge in [-0.05, 0) is 27.2 Å². The molecule has 5 heteroatoms. The lowest BCUT2D eigenvalue weighted by Gasteiger charge is -2.03. The molecule has 5 nitrogen and oxygen atoms in total. The van der Waals surface area contributed by atoms with Gasteiger partial charge < -0.3 is 19.7 Å². The molecule has 28 heavy (non-hydrogen) atoms. The zero-order valence-electron chi connectivity index (χ0n) is 19.5. The normalized spacial score (nSPS) is 11.0. The van der Waals surface area contributed by atoms with E-state index in [-0.39, 0.29) is 12.6 Å². The van der Waals surface area contributed by atoms with Crippen molar-refractivity contribution in [2.45, 2.75) is 118 Å². The van der Waals surface area contributed by atoms with Gasteiger partial charge in [-0.2, -0.15) is 0 Å². The van der Waals surface area contributed by atoms with Gasteiger partial charge in [0, 0.05) is 20.1 Å². The summed E-state index contributed by atoms with van der Waals surface area (Å²) in [6.45, 7) is 11.4. The second kappa shape index (κ2) is 31.1. The molecule has 0 aromatic carbocycles. The van der Waals surface area contributed by atoms with Crippen molar-refractivity contribution in [3.05, 3.63) is 0 Å². The number of aliphatic hydroxyl groups excluding tert-OH is 2. The van der Waals surface area contributed by atoms with E-state index in [2.05, 4.69) is 6.92 Å². The van der Waals surface area contributed by atoms with Gasteiger partial charge in [0.25, 0.3) is 0 Å². The molecule has 0 spiro atoms. The number of ether oxygens (including phenoxy) is 2. The molecule has 0 saturated heterocycles. The number of esters is 1. The Morgan fingerprint density at radius 3 is 1.39 bits per heavy atom. The summed E-state index contributed by atoms with van der Waals surface area (Å²) < 4.78 is 9.73. The van der Waals surface area contributed by atoms with E-state index >= 15 is 0 Å². The largest absolute Gasteiger partial charge is 0.466 e. The second-order valence-corrected chi connectivity index (χ2v) is 7.04. The van der Waals surface area contributed by atoms with E-state index in [0.717, 1.165) is 19.6 Å². The minimum atomic E-state index is -0.560. The summed E-state index contributed by atoms with van der Waals surface area (Å²) in [7, 11) is 0. The molecule has 1 atom stereocenters. The molecule has 1 unspecified atom stereocenters. The van der Waals surface area contributed by atoms with Gasteiger partial charge in [-0.1, -0.05) is 77.6 Å². The number of hydrogen-bond acceptors (Lipinski definition) is 5. The van der Waals surface area contributed by atoms with Gasteiger partial charge in [0.15, 0.2) is 0 Å². The molecule has 0 aliphatic heterocycles. The van der Waals surface area contributed by atoms with Crippen LogP contribution in [0.15, 0.2) is 0 Å². The molecule has 0 aliphatic rings. The monoisotopic (exact) mass is 406 g/mol. The molecule has 0 heterocycles. The van der Waals surface area contributed by atoms with Crippen LogP contribution >= 0.6 is 0 Å². The average molecular weight is 407 g/mol. The molecule has 0 radical (unpaired) electrons. The van der Waals surface area contributed by atoms with Gasteiger partial charge >= 0.3 is 5.97 Å². The molecule has 0 bridgehead atoms. The number of carbonyl (C=O) groups excluding carboxylic acids is 1. The molecule has 0 aromatic rings. The number of aliphatic hydroxyl groups is 2. The first-order valence-corrected chi connectivity index (χ1v) is 11.5. The fraction of sp³-hybridized carbons (Fsp3) is 0.957. The van der Waals surface area contributed by atoms with E-state index in [9.17, 15) is 4.79 Å². The zero-order valence-corrected chi connectivity index (χ0v) is 19.5. The Labute approximate surface area is 175 Å². The van der Waals surface area contributed by atoms with E-state index < -0.39 is 6.10 Å². The van der Waals surface area contributed by atoms with E-state index in [4.69, 9.17) is 19.7 Å². The van der Waals surface area contributed by atoms with Crippen LogP contribution in [0.5, 0.6) is 0 Å². The van der Waals surface area contributed by atoms with Crippen LogP contribution < -0.4 is 0 Å². The Morgan fingerprint density at radius 1 is 0.786 bits per heavy atom. The lowest BCUT2D eigenvalue weighted by atomic mass is 10.1. The number of rotatable bonds is 16. The third-order valence-electron chi connectivity index (χ3n) is 3.98. The van der Waals surface area contributed by atoms with Crippen LogP contribution in [0, 0.1) is 0 Å². The number of carbonyl (C=O) groups is 1. The highest BCUT2D eigenvalue weighted by Crippen LogP contribution is 2.11. The van der Waals surface area contributed by atoms with Crippen LogP contribution in [0.3, 0.4) is 0 Å². The first-order chi connectivity index (χ1) is 13.5. The summed E-state index contributed by atoms with van der Waals surface area (Å²) in [6.07, 6.45) is 15.5. The maximum absolute atomic E-state index is 10.5. The summed E-state index contributed by atoms with van der Waals surface area (Å²) in [4.78, 5) is 10.5. The summed E-state index contributed by atoms with van der Waals surface area (Å²) >= 11 is 0. The highest BCUT2D eigenvalue weighted by molar-refractivity contribution is 5.65. The summed E-state index contributed by atoms with van der Waals surface area (Å²) in [5.74, 6) is -0.155. The molecular formula is C23H50O5. The van der Waals surface area contributed by atoms with Crippen molar-refractivity contribution in [2.24, 2.45) is 0 Å². The molecule has 0 aliphatic carbocycles. The molecule has 0 fully saturated rings. The molecule has 0 amide bonds. The van der Waals surface area contributed by atoms with Gasteiger partial charge in [-0.25, -0.2) is 0 Å². The summed E-state index contributed by atoms with van der Waals surface area (Å²) in [5, 5.41) is 16.0. The van der Waals surface area contributed by atoms with Gasteiger partial charge in [0.1, 0.15) is 0 Å². The predicted molar refractivity (Wildman–Crippen MR) is 119 cm³/mol. The molecule has 0 saturated carbocycles. The third kappa shape index (κ3) is 44.6.